The summed E-state index contributed by atoms with van der Waals surface area (Å²) in [5.41, 5.74) is 3.48. The van der Waals surface area contributed by atoms with E-state index in [1.165, 1.54) is 64.2 Å². The average Bonchev–Trinajstić information content (AvgIpc) is 2.65. The highest BCUT2D eigenvalue weighted by Crippen LogP contribution is 2.76. The molecule has 0 spiro atoms. The standard InChI is InChI=1S/C30H52/c1-25(2)14-15-27(5)16-17-29(7)23(24(27)20-25)12-11-22-21-10-9-13-26(3,4)28(21,6)18-19-30(22,29)8/h21-24H,9-20H2,1-8H3/t21-,22+,23+,24-,27+,28-,29+,30+/m0/s1. The quantitative estimate of drug-likeness (QED) is 0.372. The summed E-state index contributed by atoms with van der Waals surface area (Å²) >= 11 is 0. The summed E-state index contributed by atoms with van der Waals surface area (Å²) in [6.45, 7) is 21.4. The van der Waals surface area contributed by atoms with Crippen LogP contribution in [-0.4, -0.2) is 0 Å². The van der Waals surface area contributed by atoms with Crippen molar-refractivity contribution < 1.29 is 0 Å². The normalized spacial score (nSPS) is 56.8. The SMILES string of the molecule is CC1(C)CC[C@]2(C)CC[C@]3(C)[C@H](CC[C@@H]4[C@@H]5CCCC(C)(C)[C@@]5(C)CC[C@]43C)[C@@H]2C1. The summed E-state index contributed by atoms with van der Waals surface area (Å²) in [6.07, 6.45) is 18.0. The molecule has 0 aliphatic heterocycles. The van der Waals surface area contributed by atoms with Gasteiger partial charge in [-0.3, -0.25) is 0 Å². The Bertz CT molecular complexity index is 687. The van der Waals surface area contributed by atoms with Crippen molar-refractivity contribution in [3.8, 4) is 0 Å². The second-order valence-electron chi connectivity index (χ2n) is 15.6. The second-order valence-corrected chi connectivity index (χ2v) is 15.6. The summed E-state index contributed by atoms with van der Waals surface area (Å²) in [7, 11) is 0. The van der Waals surface area contributed by atoms with Gasteiger partial charge in [-0.2, -0.15) is 0 Å². The second kappa shape index (κ2) is 6.32. The molecule has 172 valence electrons. The van der Waals surface area contributed by atoms with Gasteiger partial charge in [-0.25, -0.2) is 0 Å². The van der Waals surface area contributed by atoms with E-state index < -0.39 is 0 Å². The van der Waals surface area contributed by atoms with E-state index in [0.717, 1.165) is 23.7 Å². The van der Waals surface area contributed by atoms with Crippen molar-refractivity contribution in [1.82, 2.24) is 0 Å². The Balaban J connectivity index is 1.51. The van der Waals surface area contributed by atoms with Gasteiger partial charge in [-0.15, -0.1) is 0 Å². The van der Waals surface area contributed by atoms with E-state index in [4.69, 9.17) is 0 Å². The fourth-order valence-electron chi connectivity index (χ4n) is 10.9. The maximum atomic E-state index is 2.81. The third-order valence-electron chi connectivity index (χ3n) is 13.8. The molecule has 0 heteroatoms. The summed E-state index contributed by atoms with van der Waals surface area (Å²) < 4.78 is 0. The molecule has 0 bridgehead atoms. The van der Waals surface area contributed by atoms with Gasteiger partial charge in [0.15, 0.2) is 0 Å². The van der Waals surface area contributed by atoms with Gasteiger partial charge in [0.25, 0.3) is 0 Å². The van der Waals surface area contributed by atoms with Gasteiger partial charge in [-0.05, 0) is 127 Å². The van der Waals surface area contributed by atoms with Gasteiger partial charge >= 0.3 is 0 Å². The van der Waals surface area contributed by atoms with Crippen LogP contribution in [0.2, 0.25) is 0 Å². The van der Waals surface area contributed by atoms with Crippen LogP contribution < -0.4 is 0 Å². The molecule has 5 aliphatic rings. The van der Waals surface area contributed by atoms with Gasteiger partial charge in [0.05, 0.1) is 0 Å². The van der Waals surface area contributed by atoms with Crippen LogP contribution in [0.15, 0.2) is 0 Å². The van der Waals surface area contributed by atoms with Crippen LogP contribution >= 0.6 is 0 Å². The first-order valence-electron chi connectivity index (χ1n) is 13.8. The molecule has 0 aromatic heterocycles. The molecule has 0 N–H and O–H groups in total. The Morgan fingerprint density at radius 3 is 1.63 bits per heavy atom. The van der Waals surface area contributed by atoms with Gasteiger partial charge < -0.3 is 0 Å². The van der Waals surface area contributed by atoms with Gasteiger partial charge in [0, 0.05) is 0 Å². The summed E-state index contributed by atoms with van der Waals surface area (Å²) in [5, 5.41) is 0. The Morgan fingerprint density at radius 1 is 0.467 bits per heavy atom. The molecule has 5 saturated carbocycles. The third kappa shape index (κ3) is 2.64. The Labute approximate surface area is 188 Å². The Morgan fingerprint density at radius 2 is 0.967 bits per heavy atom. The van der Waals surface area contributed by atoms with E-state index >= 15 is 0 Å². The molecule has 0 nitrogen and oxygen atoms in total. The van der Waals surface area contributed by atoms with E-state index in [1.807, 2.05) is 0 Å². The van der Waals surface area contributed by atoms with Crippen molar-refractivity contribution in [3.05, 3.63) is 0 Å². The minimum Gasteiger partial charge on any atom is -0.0599 e. The minimum absolute atomic E-state index is 0.535. The summed E-state index contributed by atoms with van der Waals surface area (Å²) in [4.78, 5) is 0. The molecule has 0 heterocycles. The van der Waals surface area contributed by atoms with Crippen molar-refractivity contribution in [1.29, 1.82) is 0 Å². The Hall–Kier alpha value is 0. The molecule has 0 radical (unpaired) electrons. The lowest BCUT2D eigenvalue weighted by molar-refractivity contribution is -0.237. The van der Waals surface area contributed by atoms with Crippen LogP contribution in [0.5, 0.6) is 0 Å². The van der Waals surface area contributed by atoms with E-state index in [9.17, 15) is 0 Å². The monoisotopic (exact) mass is 412 g/mol. The number of hydrogen-bond donors (Lipinski definition) is 0. The van der Waals surface area contributed by atoms with Crippen molar-refractivity contribution in [2.24, 2.45) is 56.2 Å². The molecular formula is C30H52. The van der Waals surface area contributed by atoms with Crippen molar-refractivity contribution in [2.75, 3.05) is 0 Å². The highest BCUT2D eigenvalue weighted by molar-refractivity contribution is 5.17. The first kappa shape index (κ1) is 21.8. The average molecular weight is 413 g/mol. The minimum atomic E-state index is 0.535. The molecule has 0 aromatic rings. The van der Waals surface area contributed by atoms with Gasteiger partial charge in [0.2, 0.25) is 0 Å². The number of fused-ring (bicyclic) bond motifs is 7. The highest BCUT2D eigenvalue weighted by atomic mass is 14.7. The zero-order valence-electron chi connectivity index (χ0n) is 21.8. The van der Waals surface area contributed by atoms with Crippen LogP contribution in [0, 0.1) is 56.2 Å². The lowest BCUT2D eigenvalue weighted by atomic mass is 9.32. The third-order valence-corrected chi connectivity index (χ3v) is 13.8. The summed E-state index contributed by atoms with van der Waals surface area (Å²) in [5.74, 6) is 3.93. The maximum Gasteiger partial charge on any atom is -0.0238 e. The summed E-state index contributed by atoms with van der Waals surface area (Å²) in [6, 6.07) is 0. The zero-order valence-corrected chi connectivity index (χ0v) is 21.8. The van der Waals surface area contributed by atoms with E-state index in [1.54, 1.807) is 12.8 Å². The lowest BCUT2D eigenvalue weighted by Gasteiger charge is -2.73. The highest BCUT2D eigenvalue weighted by Gasteiger charge is 2.68. The van der Waals surface area contributed by atoms with Crippen molar-refractivity contribution >= 4 is 0 Å². The van der Waals surface area contributed by atoms with Crippen molar-refractivity contribution in [3.63, 3.8) is 0 Å². The molecule has 8 atom stereocenters. The predicted molar refractivity (Wildman–Crippen MR) is 129 cm³/mol. The lowest BCUT2D eigenvalue weighted by Crippen LogP contribution is -2.65. The fourth-order valence-corrected chi connectivity index (χ4v) is 10.9. The molecule has 5 fully saturated rings. The molecule has 5 aliphatic carbocycles. The predicted octanol–water partition coefficient (Wildman–Crippen LogP) is 9.28. The van der Waals surface area contributed by atoms with Gasteiger partial charge in [-0.1, -0.05) is 61.8 Å². The molecule has 0 amide bonds. The smallest absolute Gasteiger partial charge is 0.0238 e. The first-order chi connectivity index (χ1) is 13.8. The van der Waals surface area contributed by atoms with Crippen LogP contribution in [0.1, 0.15) is 132 Å². The van der Waals surface area contributed by atoms with Crippen LogP contribution in [0.25, 0.3) is 0 Å². The fraction of sp³-hybridized carbons (Fsp3) is 1.00. The maximum absolute atomic E-state index is 2.81. The van der Waals surface area contributed by atoms with Gasteiger partial charge in [0.1, 0.15) is 0 Å². The molecule has 0 saturated heterocycles. The molecule has 0 aromatic carbocycles. The van der Waals surface area contributed by atoms with E-state index in [0.29, 0.717) is 32.5 Å². The largest absolute Gasteiger partial charge is 0.0599 e. The topological polar surface area (TPSA) is 0 Å². The van der Waals surface area contributed by atoms with Crippen LogP contribution in [0.3, 0.4) is 0 Å². The van der Waals surface area contributed by atoms with Crippen molar-refractivity contribution in [2.45, 2.75) is 132 Å². The molecular weight excluding hydrogens is 360 g/mol. The molecule has 0 unspecified atom stereocenters. The molecule has 5 rings (SSSR count). The first-order valence-corrected chi connectivity index (χ1v) is 13.8. The number of rotatable bonds is 0. The van der Waals surface area contributed by atoms with Crippen LogP contribution in [-0.2, 0) is 0 Å². The van der Waals surface area contributed by atoms with E-state index in [2.05, 4.69) is 55.4 Å². The zero-order chi connectivity index (χ0) is 21.8. The molecule has 30 heavy (non-hydrogen) atoms. The van der Waals surface area contributed by atoms with E-state index in [-0.39, 0.29) is 0 Å². The Kier molecular flexibility index (Phi) is 4.59. The van der Waals surface area contributed by atoms with Crippen LogP contribution in [0.4, 0.5) is 0 Å². The number of hydrogen-bond acceptors (Lipinski definition) is 0.